The van der Waals surface area contributed by atoms with E-state index in [4.69, 9.17) is 11.1 Å². The molecule has 4 nitrogen and oxygen atoms in total. The Bertz CT molecular complexity index is 370. The van der Waals surface area contributed by atoms with Gasteiger partial charge in [-0.25, -0.2) is 5.01 Å². The Morgan fingerprint density at radius 1 is 1.38 bits per heavy atom. The van der Waals surface area contributed by atoms with Crippen LogP contribution in [-0.2, 0) is 0 Å². The van der Waals surface area contributed by atoms with E-state index in [-0.39, 0.29) is 5.96 Å². The third-order valence-electron chi connectivity index (χ3n) is 1.86. The Hall–Kier alpha value is -1.97. The molecular weight excluding hydrogens is 164 g/mol. The summed E-state index contributed by atoms with van der Waals surface area (Å²) in [6.45, 7) is 0. The Labute approximate surface area is 76.1 Å². The fraction of sp³-hybridized carbons (Fsp3) is 0. The normalized spacial score (nSPS) is 13.4. The van der Waals surface area contributed by atoms with Crippen LogP contribution >= 0.6 is 0 Å². The number of hydrogen-bond acceptors (Lipinski definition) is 2. The lowest BCUT2D eigenvalue weighted by molar-refractivity contribution is 0.655. The van der Waals surface area contributed by atoms with Gasteiger partial charge >= 0.3 is 0 Å². The molecule has 1 heterocycles. The maximum atomic E-state index is 7.22. The molecule has 0 aromatic heterocycles. The van der Waals surface area contributed by atoms with Crippen LogP contribution in [0.5, 0.6) is 0 Å². The number of nitrogens with zero attached hydrogens (tertiary/aromatic N) is 1. The minimum absolute atomic E-state index is 0.0225. The molecule has 1 aromatic rings. The lowest BCUT2D eigenvalue weighted by Crippen LogP contribution is -2.37. The van der Waals surface area contributed by atoms with Crippen LogP contribution in [-0.4, -0.2) is 11.0 Å². The summed E-state index contributed by atoms with van der Waals surface area (Å²) in [6, 6.07) is 7.84. The number of anilines is 1. The summed E-state index contributed by atoms with van der Waals surface area (Å²) >= 11 is 0. The molecule has 0 amide bonds. The first-order valence-electron chi connectivity index (χ1n) is 3.94. The molecule has 0 spiro atoms. The van der Waals surface area contributed by atoms with E-state index < -0.39 is 0 Å². The van der Waals surface area contributed by atoms with Crippen molar-refractivity contribution in [2.45, 2.75) is 0 Å². The zero-order valence-electron chi connectivity index (χ0n) is 6.99. The van der Waals surface area contributed by atoms with Crippen molar-refractivity contribution in [1.29, 1.82) is 5.41 Å². The van der Waals surface area contributed by atoms with Crippen LogP contribution in [0.3, 0.4) is 0 Å². The molecule has 4 heteroatoms. The lowest BCUT2D eigenvalue weighted by Gasteiger charge is -2.24. The highest BCUT2D eigenvalue weighted by molar-refractivity contribution is 5.81. The van der Waals surface area contributed by atoms with Crippen molar-refractivity contribution in [2.75, 3.05) is 5.43 Å². The molecule has 1 aromatic carbocycles. The maximum Gasteiger partial charge on any atom is 0.211 e. The number of rotatable bonds is 0. The minimum atomic E-state index is -0.0225. The van der Waals surface area contributed by atoms with Gasteiger partial charge in [0.05, 0.1) is 5.69 Å². The number of benzene rings is 1. The molecule has 66 valence electrons. The van der Waals surface area contributed by atoms with Crippen LogP contribution in [0.2, 0.25) is 0 Å². The van der Waals surface area contributed by atoms with Crippen molar-refractivity contribution in [2.24, 2.45) is 5.73 Å². The largest absolute Gasteiger partial charge is 0.368 e. The van der Waals surface area contributed by atoms with E-state index >= 15 is 0 Å². The first kappa shape index (κ1) is 7.67. The van der Waals surface area contributed by atoms with E-state index in [1.54, 1.807) is 6.20 Å². The van der Waals surface area contributed by atoms with Gasteiger partial charge in [0.1, 0.15) is 0 Å². The van der Waals surface area contributed by atoms with Crippen LogP contribution < -0.4 is 11.2 Å². The van der Waals surface area contributed by atoms with Crippen LogP contribution in [0.25, 0.3) is 6.08 Å². The standard InChI is InChI=1S/C9H10N4/c10-9(11)13-6-5-7-3-1-2-4-8(7)12-13/h1-6,12H,(H3,10,11). The highest BCUT2D eigenvalue weighted by Crippen LogP contribution is 2.21. The number of fused-ring (bicyclic) bond motifs is 1. The van der Waals surface area contributed by atoms with E-state index in [1.807, 2.05) is 30.3 Å². The Kier molecular flexibility index (Phi) is 1.66. The van der Waals surface area contributed by atoms with Gasteiger partial charge in [-0.2, -0.15) is 0 Å². The maximum absolute atomic E-state index is 7.22. The van der Waals surface area contributed by atoms with Crippen molar-refractivity contribution in [3.63, 3.8) is 0 Å². The first-order valence-corrected chi connectivity index (χ1v) is 3.94. The van der Waals surface area contributed by atoms with Gasteiger partial charge in [0, 0.05) is 11.8 Å². The number of nitrogens with two attached hydrogens (primary N) is 1. The van der Waals surface area contributed by atoms with Gasteiger partial charge in [-0.05, 0) is 12.1 Å². The molecule has 1 aliphatic heterocycles. The van der Waals surface area contributed by atoms with Crippen molar-refractivity contribution in [1.82, 2.24) is 5.01 Å². The van der Waals surface area contributed by atoms with Crippen LogP contribution in [0, 0.1) is 5.41 Å². The highest BCUT2D eigenvalue weighted by Gasteiger charge is 2.09. The molecule has 0 radical (unpaired) electrons. The second-order valence-corrected chi connectivity index (χ2v) is 2.77. The van der Waals surface area contributed by atoms with Gasteiger partial charge in [-0.15, -0.1) is 0 Å². The smallest absolute Gasteiger partial charge is 0.211 e. The summed E-state index contributed by atoms with van der Waals surface area (Å²) in [4.78, 5) is 0. The molecule has 1 aliphatic rings. The fourth-order valence-electron chi connectivity index (χ4n) is 1.21. The molecule has 4 N–H and O–H groups in total. The molecule has 0 fully saturated rings. The Morgan fingerprint density at radius 2 is 2.15 bits per heavy atom. The zero-order chi connectivity index (χ0) is 9.26. The fourth-order valence-corrected chi connectivity index (χ4v) is 1.21. The molecule has 13 heavy (non-hydrogen) atoms. The zero-order valence-corrected chi connectivity index (χ0v) is 6.99. The van der Waals surface area contributed by atoms with Crippen molar-refractivity contribution in [3.8, 4) is 0 Å². The SMILES string of the molecule is N=C(N)N1C=Cc2ccccc2N1. The van der Waals surface area contributed by atoms with Crippen LogP contribution in [0.4, 0.5) is 5.69 Å². The highest BCUT2D eigenvalue weighted by atomic mass is 15.5. The second kappa shape index (κ2) is 2.82. The van der Waals surface area contributed by atoms with E-state index in [0.717, 1.165) is 11.3 Å². The average Bonchev–Trinajstić information content (AvgIpc) is 2.17. The number of guanidine groups is 1. The number of para-hydroxylation sites is 1. The second-order valence-electron chi connectivity index (χ2n) is 2.77. The monoisotopic (exact) mass is 174 g/mol. The van der Waals surface area contributed by atoms with E-state index in [1.165, 1.54) is 5.01 Å². The van der Waals surface area contributed by atoms with Gasteiger partial charge in [-0.1, -0.05) is 18.2 Å². The summed E-state index contributed by atoms with van der Waals surface area (Å²) in [5.41, 5.74) is 10.4. The van der Waals surface area contributed by atoms with E-state index in [2.05, 4.69) is 5.43 Å². The lowest BCUT2D eigenvalue weighted by atomic mass is 10.1. The number of hydrogen-bond donors (Lipinski definition) is 3. The number of nitrogens with one attached hydrogen (secondary N) is 2. The van der Waals surface area contributed by atoms with Crippen LogP contribution in [0.15, 0.2) is 30.5 Å². The molecule has 0 saturated heterocycles. The van der Waals surface area contributed by atoms with Crippen molar-refractivity contribution >= 4 is 17.7 Å². The topological polar surface area (TPSA) is 65.1 Å². The first-order chi connectivity index (χ1) is 6.27. The molecule has 2 rings (SSSR count). The van der Waals surface area contributed by atoms with Gasteiger partial charge in [0.25, 0.3) is 0 Å². The molecule has 0 bridgehead atoms. The quantitative estimate of drug-likeness (QED) is 0.409. The Balaban J connectivity index is 2.34. The summed E-state index contributed by atoms with van der Waals surface area (Å²) < 4.78 is 0. The van der Waals surface area contributed by atoms with E-state index in [9.17, 15) is 0 Å². The number of hydrazine groups is 1. The summed E-state index contributed by atoms with van der Waals surface area (Å²) in [6.07, 6.45) is 3.64. The molecule has 0 aliphatic carbocycles. The van der Waals surface area contributed by atoms with Gasteiger partial charge < -0.3 is 5.73 Å². The summed E-state index contributed by atoms with van der Waals surface area (Å²) in [7, 11) is 0. The van der Waals surface area contributed by atoms with Crippen LogP contribution in [0.1, 0.15) is 5.56 Å². The van der Waals surface area contributed by atoms with Gasteiger partial charge in [0.15, 0.2) is 0 Å². The average molecular weight is 174 g/mol. The molecule has 0 unspecified atom stereocenters. The molecular formula is C9H10N4. The van der Waals surface area contributed by atoms with Gasteiger partial charge in [-0.3, -0.25) is 10.8 Å². The Morgan fingerprint density at radius 3 is 2.92 bits per heavy atom. The third kappa shape index (κ3) is 1.33. The van der Waals surface area contributed by atoms with Crippen molar-refractivity contribution in [3.05, 3.63) is 36.0 Å². The predicted molar refractivity (Wildman–Crippen MR) is 52.9 cm³/mol. The third-order valence-corrected chi connectivity index (χ3v) is 1.86. The molecule has 0 atom stereocenters. The van der Waals surface area contributed by atoms with Gasteiger partial charge in [0.2, 0.25) is 5.96 Å². The molecule has 0 saturated carbocycles. The predicted octanol–water partition coefficient (Wildman–Crippen LogP) is 1.19. The van der Waals surface area contributed by atoms with Crippen molar-refractivity contribution < 1.29 is 0 Å². The summed E-state index contributed by atoms with van der Waals surface area (Å²) in [5.74, 6) is -0.0225. The summed E-state index contributed by atoms with van der Waals surface area (Å²) in [5, 5.41) is 8.68. The van der Waals surface area contributed by atoms with E-state index in [0.29, 0.717) is 0 Å². The minimum Gasteiger partial charge on any atom is -0.368 e.